The van der Waals surface area contributed by atoms with Gasteiger partial charge in [-0.1, -0.05) is 5.10 Å². The predicted octanol–water partition coefficient (Wildman–Crippen LogP) is 1.24. The van der Waals surface area contributed by atoms with Crippen LogP contribution in [0.4, 0.5) is 5.13 Å². The summed E-state index contributed by atoms with van der Waals surface area (Å²) in [7, 11) is 3.58. The topological polar surface area (TPSA) is 81.5 Å². The molecule has 118 valence electrons. The number of hydrogen-bond donors (Lipinski definition) is 1. The predicted molar refractivity (Wildman–Crippen MR) is 80.6 cm³/mol. The van der Waals surface area contributed by atoms with Crippen LogP contribution in [0.2, 0.25) is 0 Å². The maximum atomic E-state index is 12.8. The Morgan fingerprint density at radius 3 is 2.62 bits per heavy atom. The van der Waals surface area contributed by atoms with Gasteiger partial charge in [0.15, 0.2) is 0 Å². The van der Waals surface area contributed by atoms with Gasteiger partial charge in [-0.2, -0.15) is 0 Å². The number of aliphatic hydroxyl groups excluding tert-OH is 1. The second-order valence-corrected chi connectivity index (χ2v) is 7.08. The quantitative estimate of drug-likeness (QED) is 0.668. The standard InChI is InChI=1S/C13H22N4O3S/c1-16-7-11(18)17(19,8-16)13-15-14-12(21-13)9-3-5-10(20-2)6-4-9/h9-11,18H,3-8H2,1-2H3. The van der Waals surface area contributed by atoms with Crippen molar-refractivity contribution in [3.8, 4) is 0 Å². The molecule has 1 saturated heterocycles. The van der Waals surface area contributed by atoms with Crippen molar-refractivity contribution >= 4 is 16.5 Å². The summed E-state index contributed by atoms with van der Waals surface area (Å²) in [6.07, 6.45) is 3.47. The molecule has 8 heteroatoms. The number of aliphatic hydroxyl groups is 1. The highest BCUT2D eigenvalue weighted by Gasteiger charge is 2.42. The molecular formula is C13H22N4O3S. The third-order valence-electron chi connectivity index (χ3n) is 4.52. The number of quaternary nitrogens is 1. The van der Waals surface area contributed by atoms with E-state index in [2.05, 4.69) is 10.2 Å². The van der Waals surface area contributed by atoms with E-state index in [0.29, 0.717) is 23.7 Å². The van der Waals surface area contributed by atoms with Gasteiger partial charge in [0, 0.05) is 13.0 Å². The molecule has 7 nitrogen and oxygen atoms in total. The van der Waals surface area contributed by atoms with Gasteiger partial charge in [0.1, 0.15) is 11.7 Å². The van der Waals surface area contributed by atoms with E-state index in [-0.39, 0.29) is 6.67 Å². The van der Waals surface area contributed by atoms with E-state index in [9.17, 15) is 10.3 Å². The van der Waals surface area contributed by atoms with Crippen molar-refractivity contribution in [1.29, 1.82) is 0 Å². The van der Waals surface area contributed by atoms with Gasteiger partial charge in [0.2, 0.25) is 6.23 Å². The third kappa shape index (κ3) is 2.84. The van der Waals surface area contributed by atoms with Gasteiger partial charge in [-0.3, -0.25) is 9.55 Å². The molecule has 0 spiro atoms. The first-order valence-electron chi connectivity index (χ1n) is 7.35. The maximum absolute atomic E-state index is 12.8. The minimum atomic E-state index is -0.972. The van der Waals surface area contributed by atoms with Crippen LogP contribution < -0.4 is 4.65 Å². The van der Waals surface area contributed by atoms with Crippen LogP contribution in [0.1, 0.15) is 36.6 Å². The molecule has 2 aliphatic rings. The Labute approximate surface area is 128 Å². The Morgan fingerprint density at radius 1 is 1.33 bits per heavy atom. The number of aromatic nitrogens is 2. The molecule has 2 unspecified atom stereocenters. The number of rotatable bonds is 3. The second-order valence-electron chi connectivity index (χ2n) is 6.09. The van der Waals surface area contributed by atoms with Gasteiger partial charge in [-0.15, -0.1) is 5.10 Å². The van der Waals surface area contributed by atoms with Crippen LogP contribution in [-0.2, 0) is 4.74 Å². The molecule has 0 bridgehead atoms. The number of β-amino-alcohol motifs (C(OH)–C–C–N with tert-alkyl or cyclic N) is 1. The van der Waals surface area contributed by atoms with Crippen molar-refractivity contribution in [1.82, 2.24) is 19.7 Å². The zero-order chi connectivity index (χ0) is 15.0. The zero-order valence-corrected chi connectivity index (χ0v) is 13.3. The largest absolute Gasteiger partial charge is 0.623 e. The van der Waals surface area contributed by atoms with Crippen LogP contribution in [0.5, 0.6) is 0 Å². The first kappa shape index (κ1) is 15.3. The number of likely N-dealkylation sites (N-methyl/N-ethyl adjacent to an activating group) is 1. The van der Waals surface area contributed by atoms with Gasteiger partial charge >= 0.3 is 5.13 Å². The number of nitrogens with zero attached hydrogens (tertiary/aromatic N) is 4. The third-order valence-corrected chi connectivity index (χ3v) is 5.72. The molecule has 2 atom stereocenters. The molecule has 0 amide bonds. The monoisotopic (exact) mass is 314 g/mol. The Bertz CT molecular complexity index is 492. The van der Waals surface area contributed by atoms with Crippen LogP contribution in [0.25, 0.3) is 0 Å². The molecule has 2 fully saturated rings. The Balaban J connectivity index is 1.72. The normalized spacial score (nSPS) is 38.0. The van der Waals surface area contributed by atoms with Crippen molar-refractivity contribution in [2.75, 3.05) is 27.4 Å². The molecule has 1 aliphatic carbocycles. The molecule has 0 radical (unpaired) electrons. The van der Waals surface area contributed by atoms with Gasteiger partial charge in [-0.25, -0.2) is 0 Å². The van der Waals surface area contributed by atoms with Crippen LogP contribution in [0, 0.1) is 5.21 Å². The first-order valence-corrected chi connectivity index (χ1v) is 8.16. The van der Waals surface area contributed by atoms with Crippen LogP contribution in [-0.4, -0.2) is 59.9 Å². The maximum Gasteiger partial charge on any atom is 0.309 e. The Morgan fingerprint density at radius 2 is 2.05 bits per heavy atom. The molecule has 21 heavy (non-hydrogen) atoms. The fraction of sp³-hybridized carbons (Fsp3) is 0.846. The van der Waals surface area contributed by atoms with E-state index in [1.165, 1.54) is 11.3 Å². The fourth-order valence-corrected chi connectivity index (χ4v) is 4.29. The summed E-state index contributed by atoms with van der Waals surface area (Å²) in [5.41, 5.74) is 0. The molecule has 0 aromatic carbocycles. The van der Waals surface area contributed by atoms with Crippen molar-refractivity contribution in [2.24, 2.45) is 0 Å². The minimum Gasteiger partial charge on any atom is -0.623 e. The number of hydrogen-bond acceptors (Lipinski definition) is 7. The van der Waals surface area contributed by atoms with Gasteiger partial charge < -0.3 is 15.1 Å². The van der Waals surface area contributed by atoms with Gasteiger partial charge in [-0.05, 0) is 44.1 Å². The average Bonchev–Trinajstić information content (AvgIpc) is 3.06. The summed E-state index contributed by atoms with van der Waals surface area (Å²) >= 11 is 1.36. The van der Waals surface area contributed by atoms with Gasteiger partial charge in [0.25, 0.3) is 0 Å². The van der Waals surface area contributed by atoms with Crippen LogP contribution in [0.15, 0.2) is 0 Å². The highest BCUT2D eigenvalue weighted by molar-refractivity contribution is 7.15. The van der Waals surface area contributed by atoms with Gasteiger partial charge in [0.05, 0.1) is 12.6 Å². The average molecular weight is 314 g/mol. The Hall–Kier alpha value is -0.640. The lowest BCUT2D eigenvalue weighted by Crippen LogP contribution is -2.48. The van der Waals surface area contributed by atoms with Crippen LogP contribution >= 0.6 is 11.3 Å². The summed E-state index contributed by atoms with van der Waals surface area (Å²) in [5.74, 6) is 0.367. The molecule has 1 aliphatic heterocycles. The molecule has 3 rings (SSSR count). The highest BCUT2D eigenvalue weighted by atomic mass is 32.1. The summed E-state index contributed by atoms with van der Waals surface area (Å²) in [5, 5.41) is 32.4. The summed E-state index contributed by atoms with van der Waals surface area (Å²) in [6, 6.07) is 0. The van der Waals surface area contributed by atoms with E-state index < -0.39 is 10.9 Å². The smallest absolute Gasteiger partial charge is 0.309 e. The van der Waals surface area contributed by atoms with Crippen molar-refractivity contribution in [2.45, 2.75) is 43.9 Å². The molecule has 1 N–H and O–H groups in total. The molecule has 1 saturated carbocycles. The SMILES string of the molecule is COC1CCC(c2nnc([N+]3([O-])CN(C)CC3O)s2)CC1. The van der Waals surface area contributed by atoms with E-state index >= 15 is 0 Å². The molecule has 1 aromatic rings. The first-order chi connectivity index (χ1) is 10.0. The lowest BCUT2D eigenvalue weighted by Gasteiger charge is -2.36. The lowest BCUT2D eigenvalue weighted by molar-refractivity contribution is 0.0658. The van der Waals surface area contributed by atoms with Crippen molar-refractivity contribution < 1.29 is 9.84 Å². The van der Waals surface area contributed by atoms with Crippen LogP contribution in [0.3, 0.4) is 0 Å². The molecule has 2 heterocycles. The highest BCUT2D eigenvalue weighted by Crippen LogP contribution is 2.39. The Kier molecular flexibility index (Phi) is 4.26. The van der Waals surface area contributed by atoms with E-state index in [4.69, 9.17) is 4.74 Å². The zero-order valence-electron chi connectivity index (χ0n) is 12.4. The lowest BCUT2D eigenvalue weighted by atomic mass is 9.88. The summed E-state index contributed by atoms with van der Waals surface area (Å²) in [6.45, 7) is 0.601. The van der Waals surface area contributed by atoms with E-state index in [1.54, 1.807) is 7.11 Å². The fourth-order valence-electron chi connectivity index (χ4n) is 3.20. The van der Waals surface area contributed by atoms with E-state index in [0.717, 1.165) is 30.7 Å². The number of hydroxylamine groups is 2. The number of methoxy groups -OCH3 is 1. The van der Waals surface area contributed by atoms with Crippen molar-refractivity contribution in [3.05, 3.63) is 10.2 Å². The second kappa shape index (κ2) is 5.86. The summed E-state index contributed by atoms with van der Waals surface area (Å²) < 4.78 is 4.59. The van der Waals surface area contributed by atoms with Crippen molar-refractivity contribution in [3.63, 3.8) is 0 Å². The molecular weight excluding hydrogens is 292 g/mol. The number of ether oxygens (including phenoxy) is 1. The van der Waals surface area contributed by atoms with E-state index in [1.807, 2.05) is 11.9 Å². The molecule has 1 aromatic heterocycles. The minimum absolute atomic E-state index is 0.228. The summed E-state index contributed by atoms with van der Waals surface area (Å²) in [4.78, 5) is 1.82.